The van der Waals surface area contributed by atoms with Crippen LogP contribution >= 0.6 is 12.4 Å². The SMILES string of the molecule is CCOc1ccc(CNC(=O)C2CC3CCCC(C2)C3N)cc1OC.Cl. The van der Waals surface area contributed by atoms with Gasteiger partial charge in [0.2, 0.25) is 5.91 Å². The van der Waals surface area contributed by atoms with Crippen LogP contribution in [0.4, 0.5) is 0 Å². The van der Waals surface area contributed by atoms with Crippen LogP contribution in [0.15, 0.2) is 18.2 Å². The number of nitrogens with two attached hydrogens (primary N) is 1. The van der Waals surface area contributed by atoms with Crippen molar-refractivity contribution < 1.29 is 14.3 Å². The first-order valence-electron chi connectivity index (χ1n) is 9.45. The van der Waals surface area contributed by atoms with E-state index in [2.05, 4.69) is 5.32 Å². The van der Waals surface area contributed by atoms with Crippen LogP contribution in [-0.2, 0) is 11.3 Å². The van der Waals surface area contributed by atoms with Gasteiger partial charge in [-0.25, -0.2) is 0 Å². The van der Waals surface area contributed by atoms with Crippen molar-refractivity contribution in [3.8, 4) is 11.5 Å². The van der Waals surface area contributed by atoms with E-state index in [0.29, 0.717) is 36.8 Å². The second-order valence-electron chi connectivity index (χ2n) is 7.33. The van der Waals surface area contributed by atoms with Crippen LogP contribution < -0.4 is 20.5 Å². The maximum atomic E-state index is 12.6. The number of nitrogens with one attached hydrogen (secondary N) is 1. The van der Waals surface area contributed by atoms with Crippen molar-refractivity contribution in [2.24, 2.45) is 23.5 Å². The second kappa shape index (κ2) is 9.47. The standard InChI is InChI=1S/C20H30N2O3.ClH/c1-3-25-17-8-7-13(9-18(17)24-2)12-22-20(23)16-10-14-5-4-6-15(11-16)19(14)21;/h7-9,14-16,19H,3-6,10-12,21H2,1-2H3,(H,22,23);1H. The lowest BCUT2D eigenvalue weighted by atomic mass is 9.65. The fourth-order valence-corrected chi connectivity index (χ4v) is 4.43. The number of amides is 1. The molecule has 3 rings (SSSR count). The zero-order valence-corrected chi connectivity index (χ0v) is 16.5. The highest BCUT2D eigenvalue weighted by molar-refractivity contribution is 5.85. The van der Waals surface area contributed by atoms with Gasteiger partial charge in [-0.1, -0.05) is 12.5 Å². The molecule has 0 heterocycles. The Kier molecular flexibility index (Phi) is 7.59. The molecular weight excluding hydrogens is 352 g/mol. The summed E-state index contributed by atoms with van der Waals surface area (Å²) in [6.07, 6.45) is 5.50. The average Bonchev–Trinajstić information content (AvgIpc) is 2.60. The molecule has 0 radical (unpaired) electrons. The maximum Gasteiger partial charge on any atom is 0.223 e. The minimum atomic E-state index is 0. The molecule has 1 amide bonds. The van der Waals surface area contributed by atoms with Crippen LogP contribution in [0.25, 0.3) is 0 Å². The third-order valence-electron chi connectivity index (χ3n) is 5.78. The normalized spacial score (nSPS) is 27.2. The van der Waals surface area contributed by atoms with Crippen molar-refractivity contribution in [3.05, 3.63) is 23.8 Å². The van der Waals surface area contributed by atoms with E-state index in [1.165, 1.54) is 19.3 Å². The zero-order chi connectivity index (χ0) is 17.8. The number of methoxy groups -OCH3 is 1. The van der Waals surface area contributed by atoms with Crippen LogP contribution in [0, 0.1) is 17.8 Å². The van der Waals surface area contributed by atoms with Crippen molar-refractivity contribution in [2.75, 3.05) is 13.7 Å². The van der Waals surface area contributed by atoms with Gasteiger partial charge >= 0.3 is 0 Å². The Morgan fingerprint density at radius 3 is 2.54 bits per heavy atom. The fourth-order valence-electron chi connectivity index (χ4n) is 4.43. The Morgan fingerprint density at radius 1 is 1.23 bits per heavy atom. The molecule has 6 heteroatoms. The highest BCUT2D eigenvalue weighted by Crippen LogP contribution is 2.41. The molecule has 2 aliphatic carbocycles. The summed E-state index contributed by atoms with van der Waals surface area (Å²) in [5.74, 6) is 2.75. The van der Waals surface area contributed by atoms with Gasteiger partial charge in [0.1, 0.15) is 0 Å². The van der Waals surface area contributed by atoms with E-state index in [0.717, 1.165) is 24.2 Å². The molecule has 0 saturated heterocycles. The number of carbonyl (C=O) groups excluding carboxylic acids is 1. The molecule has 0 aliphatic heterocycles. The smallest absolute Gasteiger partial charge is 0.223 e. The lowest BCUT2D eigenvalue weighted by Crippen LogP contribution is -2.49. The van der Waals surface area contributed by atoms with Crippen molar-refractivity contribution in [3.63, 3.8) is 0 Å². The van der Waals surface area contributed by atoms with Crippen LogP contribution in [-0.4, -0.2) is 25.7 Å². The summed E-state index contributed by atoms with van der Waals surface area (Å²) >= 11 is 0. The van der Waals surface area contributed by atoms with Crippen molar-refractivity contribution in [2.45, 2.75) is 51.6 Å². The van der Waals surface area contributed by atoms with Crippen LogP contribution in [0.1, 0.15) is 44.6 Å². The van der Waals surface area contributed by atoms with Gasteiger partial charge in [0.15, 0.2) is 11.5 Å². The quantitative estimate of drug-likeness (QED) is 0.791. The molecule has 2 unspecified atom stereocenters. The number of fused-ring (bicyclic) bond motifs is 2. The van der Waals surface area contributed by atoms with E-state index in [4.69, 9.17) is 15.2 Å². The van der Waals surface area contributed by atoms with E-state index < -0.39 is 0 Å². The third-order valence-corrected chi connectivity index (χ3v) is 5.78. The van der Waals surface area contributed by atoms with Crippen molar-refractivity contribution >= 4 is 18.3 Å². The molecule has 1 aromatic rings. The van der Waals surface area contributed by atoms with E-state index in [9.17, 15) is 4.79 Å². The van der Waals surface area contributed by atoms with Gasteiger partial charge in [0.05, 0.1) is 13.7 Å². The molecule has 2 saturated carbocycles. The third kappa shape index (κ3) is 4.63. The lowest BCUT2D eigenvalue weighted by molar-refractivity contribution is -0.128. The number of halogens is 1. The summed E-state index contributed by atoms with van der Waals surface area (Å²) < 4.78 is 10.9. The summed E-state index contributed by atoms with van der Waals surface area (Å²) in [5, 5.41) is 3.10. The molecule has 3 N–H and O–H groups in total. The number of hydrogen-bond donors (Lipinski definition) is 2. The molecule has 0 spiro atoms. The van der Waals surface area contributed by atoms with Gasteiger partial charge in [-0.05, 0) is 62.1 Å². The van der Waals surface area contributed by atoms with E-state index in [1.54, 1.807) is 7.11 Å². The molecule has 2 fully saturated rings. The van der Waals surface area contributed by atoms with E-state index in [-0.39, 0.29) is 24.2 Å². The number of benzene rings is 1. The van der Waals surface area contributed by atoms with Gasteiger partial charge < -0.3 is 20.5 Å². The number of ether oxygens (including phenoxy) is 2. The van der Waals surface area contributed by atoms with Gasteiger partial charge in [0.25, 0.3) is 0 Å². The Balaban J connectivity index is 0.00000243. The van der Waals surface area contributed by atoms with Crippen LogP contribution in [0.2, 0.25) is 0 Å². The first-order chi connectivity index (χ1) is 12.1. The van der Waals surface area contributed by atoms with Gasteiger partial charge in [-0.3, -0.25) is 4.79 Å². The molecule has 2 aliphatic rings. The Morgan fingerprint density at radius 2 is 1.92 bits per heavy atom. The molecule has 26 heavy (non-hydrogen) atoms. The minimum Gasteiger partial charge on any atom is -0.493 e. The number of rotatable bonds is 6. The summed E-state index contributed by atoms with van der Waals surface area (Å²) in [5.41, 5.74) is 7.34. The monoisotopic (exact) mass is 382 g/mol. The van der Waals surface area contributed by atoms with Crippen molar-refractivity contribution in [1.29, 1.82) is 0 Å². The summed E-state index contributed by atoms with van der Waals surface area (Å²) in [6, 6.07) is 6.09. The summed E-state index contributed by atoms with van der Waals surface area (Å²) in [6.45, 7) is 3.05. The van der Waals surface area contributed by atoms with Gasteiger partial charge in [0, 0.05) is 18.5 Å². The first-order valence-corrected chi connectivity index (χ1v) is 9.45. The molecule has 146 valence electrons. The number of hydrogen-bond acceptors (Lipinski definition) is 4. The van der Waals surface area contributed by atoms with E-state index in [1.807, 2.05) is 25.1 Å². The predicted octanol–water partition coefficient (Wildman–Crippen LogP) is 3.29. The predicted molar refractivity (Wildman–Crippen MR) is 105 cm³/mol. The molecule has 0 aromatic heterocycles. The Labute approximate surface area is 162 Å². The largest absolute Gasteiger partial charge is 0.493 e. The number of carbonyl (C=O) groups is 1. The lowest BCUT2D eigenvalue weighted by Gasteiger charge is -2.43. The van der Waals surface area contributed by atoms with E-state index >= 15 is 0 Å². The topological polar surface area (TPSA) is 73.6 Å². The van der Waals surface area contributed by atoms with Crippen LogP contribution in [0.3, 0.4) is 0 Å². The van der Waals surface area contributed by atoms with Crippen LogP contribution in [0.5, 0.6) is 11.5 Å². The Bertz CT molecular complexity index is 597. The minimum absolute atomic E-state index is 0. The molecule has 1 aromatic carbocycles. The summed E-state index contributed by atoms with van der Waals surface area (Å²) in [4.78, 5) is 12.6. The molecular formula is C20H31ClN2O3. The summed E-state index contributed by atoms with van der Waals surface area (Å²) in [7, 11) is 1.63. The zero-order valence-electron chi connectivity index (χ0n) is 15.7. The average molecular weight is 383 g/mol. The second-order valence-corrected chi connectivity index (χ2v) is 7.33. The molecule has 5 nitrogen and oxygen atoms in total. The maximum absolute atomic E-state index is 12.6. The van der Waals surface area contributed by atoms with Gasteiger partial charge in [-0.15, -0.1) is 12.4 Å². The molecule has 2 atom stereocenters. The fraction of sp³-hybridized carbons (Fsp3) is 0.650. The van der Waals surface area contributed by atoms with Gasteiger partial charge in [-0.2, -0.15) is 0 Å². The first kappa shape index (κ1) is 20.8. The highest BCUT2D eigenvalue weighted by atomic mass is 35.5. The van der Waals surface area contributed by atoms with Crippen molar-refractivity contribution in [1.82, 2.24) is 5.32 Å². The Hall–Kier alpha value is -1.46. The highest BCUT2D eigenvalue weighted by Gasteiger charge is 2.40. The molecule has 2 bridgehead atoms.